The molecule has 2 aliphatic rings. The first-order chi connectivity index (χ1) is 39.4. The number of aromatic nitrogens is 8. The second kappa shape index (κ2) is 26.1. The Hall–Kier alpha value is -8.22. The van der Waals surface area contributed by atoms with E-state index in [1.807, 2.05) is 62.4 Å². The molecular formula is C54H54ClFN10O14P2. The molecule has 10 rings (SSSR count). The van der Waals surface area contributed by atoms with E-state index in [0.29, 0.717) is 33.2 Å². The van der Waals surface area contributed by atoms with Crippen LogP contribution in [0, 0.1) is 19.7 Å². The number of hydrogen-bond acceptors (Lipinski definition) is 20. The van der Waals surface area contributed by atoms with Crippen LogP contribution in [0.25, 0.3) is 33.8 Å². The molecule has 428 valence electrons. The van der Waals surface area contributed by atoms with Gasteiger partial charge in [-0.25, -0.2) is 14.4 Å². The molecule has 8 aromatic rings. The highest BCUT2D eigenvalue weighted by molar-refractivity contribution is 7.53. The smallest absolute Gasteiger partial charge is 0.356 e. The van der Waals surface area contributed by atoms with Gasteiger partial charge < -0.3 is 58.1 Å². The number of ether oxygens (including phenoxy) is 6. The van der Waals surface area contributed by atoms with Gasteiger partial charge in [-0.3, -0.25) is 37.7 Å². The second-order valence-corrected chi connectivity index (χ2v) is 22.6. The molecule has 6 N–H and O–H groups in total. The number of halogens is 2. The van der Waals surface area contributed by atoms with Crippen LogP contribution in [0.4, 0.5) is 16.3 Å². The van der Waals surface area contributed by atoms with Crippen LogP contribution in [-0.4, -0.2) is 78.2 Å². The predicted octanol–water partition coefficient (Wildman–Crippen LogP) is 9.39. The zero-order valence-electron chi connectivity index (χ0n) is 44.1. The van der Waals surface area contributed by atoms with Gasteiger partial charge in [0.15, 0.2) is 45.4 Å². The van der Waals surface area contributed by atoms with Gasteiger partial charge in [0, 0.05) is 29.2 Å². The molecular weight excluding hydrogens is 1130 g/mol. The molecule has 2 aliphatic heterocycles. The minimum Gasteiger partial charge on any atom is -0.424 e. The van der Waals surface area contributed by atoms with Crippen molar-refractivity contribution in [2.75, 3.05) is 50.6 Å². The number of H-pyrrole nitrogens is 2. The standard InChI is InChI=1S/C27H27ClN5O7P.C27H27FN5O7P/c2*1-17-3-5-19(6-4-17)13-37-41(35,16-36-12-11-33-15-30-23-25(33)31-27(29)32-26(23)34)38-14-22-24(40-18(2)39-22)20-7-9-21(28)10-8-20/h2*3-10,15H,2,11-14,16H2,1H3,(H3,29,31,32,34). The number of nitrogens with zero attached hydrogens (tertiary/aromatic N) is 6. The molecule has 4 aromatic carbocycles. The lowest BCUT2D eigenvalue weighted by atomic mass is 10.1. The maximum atomic E-state index is 13.8. The summed E-state index contributed by atoms with van der Waals surface area (Å²) in [6.07, 6.45) is 2.15. The third-order valence-electron chi connectivity index (χ3n) is 11.9. The van der Waals surface area contributed by atoms with E-state index in [2.05, 4.69) is 43.1 Å². The molecule has 0 bridgehead atoms. The number of nitrogen functional groups attached to an aromatic ring is 2. The van der Waals surface area contributed by atoms with Crippen LogP contribution in [0.5, 0.6) is 0 Å². The fraction of sp³-hybridized carbons (Fsp3) is 0.222. The molecule has 6 heterocycles. The number of fused-ring (bicyclic) bond motifs is 2. The Morgan fingerprint density at radius 3 is 1.39 bits per heavy atom. The minimum atomic E-state index is -3.86. The Balaban J connectivity index is 0.000000198. The Morgan fingerprint density at radius 2 is 0.976 bits per heavy atom. The Kier molecular flexibility index (Phi) is 18.6. The summed E-state index contributed by atoms with van der Waals surface area (Å²) in [6, 6.07) is 27.7. The number of hydrogen-bond donors (Lipinski definition) is 4. The monoisotopic (exact) mass is 1180 g/mol. The molecule has 0 radical (unpaired) electrons. The zero-order valence-corrected chi connectivity index (χ0v) is 46.6. The molecule has 82 heavy (non-hydrogen) atoms. The van der Waals surface area contributed by atoms with Crippen molar-refractivity contribution in [3.8, 4) is 0 Å². The lowest BCUT2D eigenvalue weighted by molar-refractivity contribution is 0.114. The summed E-state index contributed by atoms with van der Waals surface area (Å²) >= 11 is 6.01. The van der Waals surface area contributed by atoms with Crippen LogP contribution >= 0.6 is 26.8 Å². The fourth-order valence-corrected chi connectivity index (χ4v) is 10.4. The van der Waals surface area contributed by atoms with Crippen molar-refractivity contribution in [2.24, 2.45) is 0 Å². The van der Waals surface area contributed by atoms with Gasteiger partial charge in [-0.15, -0.1) is 0 Å². The normalized spacial score (nSPS) is 14.7. The third kappa shape index (κ3) is 15.2. The zero-order chi connectivity index (χ0) is 58.0. The number of nitrogens with one attached hydrogen (secondary N) is 2. The van der Waals surface area contributed by atoms with E-state index in [-0.39, 0.29) is 118 Å². The highest BCUT2D eigenvalue weighted by atomic mass is 35.5. The minimum absolute atomic E-state index is 0.00442. The molecule has 0 saturated carbocycles. The molecule has 4 aromatic heterocycles. The molecule has 0 fully saturated rings. The number of aromatic amines is 2. The van der Waals surface area contributed by atoms with Crippen molar-refractivity contribution in [1.82, 2.24) is 39.0 Å². The van der Waals surface area contributed by atoms with Crippen LogP contribution in [-0.2, 0) is 81.9 Å². The summed E-state index contributed by atoms with van der Waals surface area (Å²) in [5.74, 6) is 0.668. The third-order valence-corrected chi connectivity index (χ3v) is 15.3. The van der Waals surface area contributed by atoms with E-state index in [1.165, 1.54) is 36.9 Å². The van der Waals surface area contributed by atoms with E-state index in [9.17, 15) is 23.1 Å². The van der Waals surface area contributed by atoms with E-state index in [0.717, 1.165) is 22.3 Å². The highest BCUT2D eigenvalue weighted by Crippen LogP contribution is 2.51. The summed E-state index contributed by atoms with van der Waals surface area (Å²) in [5.41, 5.74) is 16.3. The quantitative estimate of drug-likeness (QED) is 0.0323. The summed E-state index contributed by atoms with van der Waals surface area (Å²) in [6.45, 7) is 11.5. The number of aryl methyl sites for hydroxylation is 2. The molecule has 28 heteroatoms. The van der Waals surface area contributed by atoms with Gasteiger partial charge in [0.25, 0.3) is 23.0 Å². The fourth-order valence-electron chi connectivity index (χ4n) is 7.78. The molecule has 0 saturated heterocycles. The lowest BCUT2D eigenvalue weighted by Crippen LogP contribution is -2.13. The summed E-state index contributed by atoms with van der Waals surface area (Å²) < 4.78 is 101. The topological polar surface area (TPSA) is 306 Å². The van der Waals surface area contributed by atoms with Crippen molar-refractivity contribution in [3.05, 3.63) is 211 Å². The Bertz CT molecular complexity index is 3660. The Morgan fingerprint density at radius 1 is 0.585 bits per heavy atom. The number of benzene rings is 4. The summed E-state index contributed by atoms with van der Waals surface area (Å²) in [4.78, 5) is 45.2. The average Bonchev–Trinajstić information content (AvgIpc) is 4.39. The molecule has 0 aliphatic carbocycles. The second-order valence-electron chi connectivity index (χ2n) is 18.2. The molecule has 0 spiro atoms. The van der Waals surface area contributed by atoms with Crippen molar-refractivity contribution in [2.45, 2.75) is 40.2 Å². The van der Waals surface area contributed by atoms with E-state index in [4.69, 9.17) is 69.6 Å². The lowest BCUT2D eigenvalue weighted by Gasteiger charge is -2.19. The first kappa shape index (κ1) is 58.4. The van der Waals surface area contributed by atoms with Crippen molar-refractivity contribution >= 4 is 72.5 Å². The van der Waals surface area contributed by atoms with E-state index < -0.39 is 32.1 Å². The Labute approximate surface area is 471 Å². The first-order valence-electron chi connectivity index (χ1n) is 24.9. The number of imidazole rings is 2. The largest absolute Gasteiger partial charge is 0.424 e. The van der Waals surface area contributed by atoms with Crippen LogP contribution < -0.4 is 22.6 Å². The molecule has 24 nitrogen and oxygen atoms in total. The number of nitrogens with two attached hydrogens (primary N) is 2. The van der Waals surface area contributed by atoms with Gasteiger partial charge in [-0.05, 0) is 86.7 Å². The van der Waals surface area contributed by atoms with Gasteiger partial charge in [0.2, 0.25) is 11.9 Å². The van der Waals surface area contributed by atoms with Gasteiger partial charge in [-0.2, -0.15) is 9.97 Å². The van der Waals surface area contributed by atoms with Crippen LogP contribution in [0.3, 0.4) is 0 Å². The molecule has 2 unspecified atom stereocenters. The van der Waals surface area contributed by atoms with Gasteiger partial charge in [-0.1, -0.05) is 71.3 Å². The van der Waals surface area contributed by atoms with Crippen molar-refractivity contribution < 1.29 is 60.0 Å². The molecule has 0 amide bonds. The summed E-state index contributed by atoms with van der Waals surface area (Å²) in [7, 11) is -7.69. The SMILES string of the molecule is C=C1OC(COP(=O)(COCCn2cnc3c(=O)[nH]c(N)nc32)OCc2ccc(C)cc2)=C(c2ccc(Cl)cc2)O1.C=C1OC(COP(=O)(COCCn2cnc3c(=O)[nH]c(N)nc32)OCc2ccc(C)cc2)=C(c2ccc(F)cc2)O1. The summed E-state index contributed by atoms with van der Waals surface area (Å²) in [5, 5.41) is 0.561. The van der Waals surface area contributed by atoms with E-state index >= 15 is 0 Å². The highest BCUT2D eigenvalue weighted by Gasteiger charge is 2.32. The average molecular weight is 1180 g/mol. The van der Waals surface area contributed by atoms with Crippen molar-refractivity contribution in [3.63, 3.8) is 0 Å². The predicted molar refractivity (Wildman–Crippen MR) is 300 cm³/mol. The van der Waals surface area contributed by atoms with Gasteiger partial charge in [0.1, 0.15) is 31.7 Å². The number of rotatable bonds is 24. The maximum absolute atomic E-state index is 13.8. The molecule has 2 atom stereocenters. The van der Waals surface area contributed by atoms with Gasteiger partial charge in [0.05, 0.1) is 39.1 Å². The maximum Gasteiger partial charge on any atom is 0.356 e. The number of anilines is 2. The van der Waals surface area contributed by atoms with Gasteiger partial charge >= 0.3 is 15.2 Å². The van der Waals surface area contributed by atoms with Crippen LogP contribution in [0.1, 0.15) is 33.4 Å². The van der Waals surface area contributed by atoms with E-state index in [1.54, 1.807) is 33.4 Å². The van der Waals surface area contributed by atoms with Crippen molar-refractivity contribution in [1.29, 1.82) is 0 Å². The first-order valence-corrected chi connectivity index (χ1v) is 28.7. The van der Waals surface area contributed by atoms with Crippen LogP contribution in [0.15, 0.2) is 156 Å². The van der Waals surface area contributed by atoms with Crippen LogP contribution in [0.2, 0.25) is 5.02 Å².